The van der Waals surface area contributed by atoms with Crippen molar-refractivity contribution >= 4 is 46.1 Å². The first kappa shape index (κ1) is 33.7. The number of H-pyrrole nitrogens is 2. The fourth-order valence-corrected chi connectivity index (χ4v) is 6.90. The fraction of sp³-hybridized carbons (Fsp3) is 0.486. The van der Waals surface area contributed by atoms with Crippen LogP contribution in [0.2, 0.25) is 0 Å². The number of fused-ring (bicyclic) bond motifs is 2. The van der Waals surface area contributed by atoms with Crippen LogP contribution < -0.4 is 10.6 Å². The molecule has 2 aliphatic heterocycles. The molecule has 2 aromatic carbocycles. The minimum Gasteiger partial charge on any atom is -0.453 e. The molecule has 0 spiro atoms. The normalized spacial score (nSPS) is 19.2. The van der Waals surface area contributed by atoms with E-state index in [4.69, 9.17) is 14.7 Å². The van der Waals surface area contributed by atoms with Gasteiger partial charge in [-0.25, -0.2) is 19.6 Å². The number of methoxy groups -OCH3 is 2. The van der Waals surface area contributed by atoms with Crippen molar-refractivity contribution < 1.29 is 28.7 Å². The number of imidazole rings is 2. The smallest absolute Gasteiger partial charge is 0.407 e. The number of nitrogens with zero attached hydrogens (tertiary/aromatic N) is 4. The van der Waals surface area contributed by atoms with E-state index in [2.05, 4.69) is 31.4 Å². The van der Waals surface area contributed by atoms with Crippen LogP contribution in [0.1, 0.15) is 77.1 Å². The van der Waals surface area contributed by atoms with Crippen LogP contribution in [0, 0.1) is 5.41 Å². The molecular formula is C35H44N8O6. The zero-order valence-electron chi connectivity index (χ0n) is 28.8. The Hall–Kier alpha value is -5.14. The number of amides is 4. The predicted octanol–water partition coefficient (Wildman–Crippen LogP) is 4.95. The van der Waals surface area contributed by atoms with Gasteiger partial charge in [0.25, 0.3) is 0 Å². The van der Waals surface area contributed by atoms with Crippen LogP contribution in [0.15, 0.2) is 36.4 Å². The van der Waals surface area contributed by atoms with Crippen LogP contribution in [-0.4, -0.2) is 93.1 Å². The van der Waals surface area contributed by atoms with E-state index >= 15 is 0 Å². The summed E-state index contributed by atoms with van der Waals surface area (Å²) in [6, 6.07) is 10.1. The fourth-order valence-electron chi connectivity index (χ4n) is 6.90. The Kier molecular flexibility index (Phi) is 9.23. The molecule has 0 saturated carbocycles. The summed E-state index contributed by atoms with van der Waals surface area (Å²) in [5.41, 5.74) is 4.74. The number of rotatable bonds is 7. The van der Waals surface area contributed by atoms with Gasteiger partial charge >= 0.3 is 12.2 Å². The second kappa shape index (κ2) is 13.4. The number of aromatic nitrogens is 4. The van der Waals surface area contributed by atoms with E-state index in [-0.39, 0.29) is 23.9 Å². The maximum absolute atomic E-state index is 13.8. The minimum atomic E-state index is -0.751. The van der Waals surface area contributed by atoms with E-state index in [9.17, 15) is 19.2 Å². The number of carbonyl (C=O) groups is 4. The van der Waals surface area contributed by atoms with Crippen molar-refractivity contribution in [2.45, 2.75) is 77.5 Å². The molecule has 4 atom stereocenters. The highest BCUT2D eigenvalue weighted by atomic mass is 16.5. The van der Waals surface area contributed by atoms with Gasteiger partial charge in [-0.2, -0.15) is 0 Å². The van der Waals surface area contributed by atoms with Crippen LogP contribution in [0.5, 0.6) is 0 Å². The van der Waals surface area contributed by atoms with Crippen LogP contribution in [0.25, 0.3) is 33.2 Å². The van der Waals surface area contributed by atoms with Crippen molar-refractivity contribution in [3.63, 3.8) is 0 Å². The van der Waals surface area contributed by atoms with E-state index < -0.39 is 29.7 Å². The molecule has 4 amide bonds. The molecule has 0 radical (unpaired) electrons. The summed E-state index contributed by atoms with van der Waals surface area (Å²) in [4.78, 5) is 70.9. The Bertz CT molecular complexity index is 1890. The lowest BCUT2D eigenvalue weighted by molar-refractivity contribution is -0.137. The summed E-state index contributed by atoms with van der Waals surface area (Å²) in [5, 5.41) is 5.29. The molecule has 6 rings (SSSR count). The maximum atomic E-state index is 13.8. The van der Waals surface area contributed by atoms with Gasteiger partial charge in [0.15, 0.2) is 0 Å². The van der Waals surface area contributed by atoms with Crippen molar-refractivity contribution in [2.24, 2.45) is 5.41 Å². The largest absolute Gasteiger partial charge is 0.453 e. The lowest BCUT2D eigenvalue weighted by atomic mass is 9.85. The average molecular weight is 673 g/mol. The Labute approximate surface area is 284 Å². The molecule has 2 saturated heterocycles. The van der Waals surface area contributed by atoms with Crippen molar-refractivity contribution in [3.05, 3.63) is 48.0 Å². The van der Waals surface area contributed by atoms with Gasteiger partial charge in [0.05, 0.1) is 48.4 Å². The zero-order chi connectivity index (χ0) is 35.0. The first-order valence-electron chi connectivity index (χ1n) is 16.7. The Morgan fingerprint density at radius 3 is 1.71 bits per heavy atom. The highest BCUT2D eigenvalue weighted by Gasteiger charge is 2.41. The number of ether oxygens (including phenoxy) is 2. The van der Waals surface area contributed by atoms with Crippen LogP contribution in [-0.2, 0) is 19.1 Å². The number of alkyl carbamates (subject to hydrolysis) is 2. The quantitative estimate of drug-likeness (QED) is 0.213. The summed E-state index contributed by atoms with van der Waals surface area (Å²) in [6.07, 6.45) is 1.91. The standard InChI is InChI=1S/C35H44N8O6/c1-19(36-33(46)48-5)31(44)42-15-7-9-26(42)29-37-22-13-11-20(17-24(22)39-29)21-12-14-23-25(18-21)40-30(38-23)27-10-8-16-43(27)32(45)28(35(2,3)4)41-34(47)49-6/h11-14,17-19,26-28H,7-10,15-16H2,1-6H3,(H,36,46)(H,37,39)(H,38,40)(H,41,47)/t19-,26-,27-,28+/m0/s1. The van der Waals surface area contributed by atoms with Gasteiger partial charge in [0.2, 0.25) is 11.8 Å². The van der Waals surface area contributed by atoms with Gasteiger partial charge in [0, 0.05) is 13.1 Å². The van der Waals surface area contributed by atoms with Gasteiger partial charge in [-0.05, 0) is 73.4 Å². The van der Waals surface area contributed by atoms with Crippen LogP contribution in [0.3, 0.4) is 0 Å². The molecule has 2 aromatic heterocycles. The maximum Gasteiger partial charge on any atom is 0.407 e. The number of benzene rings is 2. The van der Waals surface area contributed by atoms with Crippen molar-refractivity contribution in [3.8, 4) is 11.1 Å². The molecule has 2 aliphatic rings. The summed E-state index contributed by atoms with van der Waals surface area (Å²) >= 11 is 0. The van der Waals surface area contributed by atoms with Crippen molar-refractivity contribution in [2.75, 3.05) is 27.3 Å². The monoisotopic (exact) mass is 672 g/mol. The van der Waals surface area contributed by atoms with Crippen molar-refractivity contribution in [1.82, 2.24) is 40.4 Å². The predicted molar refractivity (Wildman–Crippen MR) is 182 cm³/mol. The first-order chi connectivity index (χ1) is 23.4. The summed E-state index contributed by atoms with van der Waals surface area (Å²) in [6.45, 7) is 8.55. The van der Waals surface area contributed by atoms with Gasteiger partial charge in [-0.3, -0.25) is 9.59 Å². The molecule has 0 unspecified atom stereocenters. The Balaban J connectivity index is 1.22. The third-order valence-corrected chi connectivity index (χ3v) is 9.49. The lowest BCUT2D eigenvalue weighted by Crippen LogP contribution is -2.54. The number of hydrogen-bond donors (Lipinski definition) is 4. The molecule has 14 heteroatoms. The minimum absolute atomic E-state index is 0.161. The topological polar surface area (TPSA) is 175 Å². The number of hydrogen-bond acceptors (Lipinski definition) is 8. The van der Waals surface area contributed by atoms with E-state index in [1.54, 1.807) is 11.8 Å². The van der Waals surface area contributed by atoms with Crippen molar-refractivity contribution in [1.29, 1.82) is 0 Å². The van der Waals surface area contributed by atoms with Crippen LogP contribution in [0.4, 0.5) is 9.59 Å². The zero-order valence-corrected chi connectivity index (χ0v) is 28.8. The molecule has 14 nitrogen and oxygen atoms in total. The number of nitrogens with one attached hydrogen (secondary N) is 4. The van der Waals surface area contributed by atoms with E-state index in [1.165, 1.54) is 14.2 Å². The summed E-state index contributed by atoms with van der Waals surface area (Å²) < 4.78 is 9.45. The highest BCUT2D eigenvalue weighted by Crippen LogP contribution is 2.36. The van der Waals surface area contributed by atoms with Gasteiger partial charge in [0.1, 0.15) is 23.7 Å². The van der Waals surface area contributed by atoms with E-state index in [1.807, 2.05) is 56.0 Å². The third kappa shape index (κ3) is 6.76. The molecule has 4 N–H and O–H groups in total. The molecule has 49 heavy (non-hydrogen) atoms. The number of likely N-dealkylation sites (tertiary alicyclic amines) is 2. The second-order valence-electron chi connectivity index (χ2n) is 13.9. The molecule has 2 fully saturated rings. The van der Waals surface area contributed by atoms with Gasteiger partial charge in [-0.1, -0.05) is 32.9 Å². The third-order valence-electron chi connectivity index (χ3n) is 9.49. The molecule has 260 valence electrons. The van der Waals surface area contributed by atoms with Crippen LogP contribution >= 0.6 is 0 Å². The molecule has 0 bridgehead atoms. The Morgan fingerprint density at radius 2 is 1.24 bits per heavy atom. The second-order valence-corrected chi connectivity index (χ2v) is 13.9. The summed E-state index contributed by atoms with van der Waals surface area (Å²) in [7, 11) is 2.55. The SMILES string of the molecule is COC(=O)N[C@@H](C)C(=O)N1CCC[C@H]1c1nc2ccc(-c3ccc4nc([C@@H]5CCCN5C(=O)[C@@H](NC(=O)OC)C(C)(C)C)[nH]c4c3)cc2[nH]1. The molecule has 0 aliphatic carbocycles. The van der Waals surface area contributed by atoms with Gasteiger partial charge < -0.3 is 39.9 Å². The van der Waals surface area contributed by atoms with Gasteiger partial charge in [-0.15, -0.1) is 0 Å². The first-order valence-corrected chi connectivity index (χ1v) is 16.7. The number of carbonyl (C=O) groups excluding carboxylic acids is 4. The molecule has 4 aromatic rings. The van der Waals surface area contributed by atoms with E-state index in [0.717, 1.165) is 58.9 Å². The number of aromatic amines is 2. The molecule has 4 heterocycles. The lowest BCUT2D eigenvalue weighted by Gasteiger charge is -2.34. The highest BCUT2D eigenvalue weighted by molar-refractivity contribution is 5.89. The summed E-state index contributed by atoms with van der Waals surface area (Å²) in [5.74, 6) is 1.08. The van der Waals surface area contributed by atoms with E-state index in [0.29, 0.717) is 24.7 Å². The average Bonchev–Trinajstić information content (AvgIpc) is 3.89. The Morgan fingerprint density at radius 1 is 0.776 bits per heavy atom. The molecular weight excluding hydrogens is 628 g/mol.